The summed E-state index contributed by atoms with van der Waals surface area (Å²) in [6.07, 6.45) is 1.94. The average Bonchev–Trinajstić information content (AvgIpc) is 2.98. The molecule has 2 aromatic rings. The zero-order chi connectivity index (χ0) is 13.1. The molecule has 5 heteroatoms. The van der Waals surface area contributed by atoms with Crippen molar-refractivity contribution >= 4 is 5.69 Å². The van der Waals surface area contributed by atoms with Gasteiger partial charge in [-0.05, 0) is 37.1 Å². The van der Waals surface area contributed by atoms with Crippen molar-refractivity contribution in [3.63, 3.8) is 0 Å². The molecule has 1 fully saturated rings. The van der Waals surface area contributed by atoms with Crippen LogP contribution in [0.1, 0.15) is 24.6 Å². The molecule has 0 atom stereocenters. The fourth-order valence-electron chi connectivity index (χ4n) is 2.25. The number of rotatable bonds is 3. The van der Waals surface area contributed by atoms with E-state index in [4.69, 9.17) is 9.26 Å². The van der Waals surface area contributed by atoms with E-state index < -0.39 is 0 Å². The summed E-state index contributed by atoms with van der Waals surface area (Å²) in [5.41, 5.74) is 2.01. The fraction of sp³-hybridized carbons (Fsp3) is 0.429. The normalized spacial score (nSPS) is 16.5. The highest BCUT2D eigenvalue weighted by Gasteiger charge is 2.21. The van der Waals surface area contributed by atoms with Gasteiger partial charge in [-0.3, -0.25) is 0 Å². The molecule has 0 unspecified atom stereocenters. The Balaban J connectivity index is 1.79. The number of ether oxygens (including phenoxy) is 1. The van der Waals surface area contributed by atoms with Crippen LogP contribution in [-0.2, 0) is 4.74 Å². The first kappa shape index (κ1) is 12.2. The van der Waals surface area contributed by atoms with Crippen LogP contribution in [0.4, 0.5) is 5.69 Å². The molecule has 100 valence electrons. The maximum atomic E-state index is 5.36. The van der Waals surface area contributed by atoms with Crippen LogP contribution in [0.2, 0.25) is 0 Å². The summed E-state index contributed by atoms with van der Waals surface area (Å²) in [4.78, 5) is 4.51. The molecule has 0 spiro atoms. The second-order valence-corrected chi connectivity index (χ2v) is 4.67. The molecule has 1 saturated heterocycles. The van der Waals surface area contributed by atoms with Gasteiger partial charge in [0.25, 0.3) is 5.89 Å². The van der Waals surface area contributed by atoms with E-state index >= 15 is 0 Å². The van der Waals surface area contributed by atoms with Crippen molar-refractivity contribution in [3.05, 3.63) is 30.1 Å². The van der Waals surface area contributed by atoms with Crippen molar-refractivity contribution in [2.24, 2.45) is 0 Å². The highest BCUT2D eigenvalue weighted by Crippen LogP contribution is 2.27. The van der Waals surface area contributed by atoms with Gasteiger partial charge in [-0.15, -0.1) is 0 Å². The summed E-state index contributed by atoms with van der Waals surface area (Å²) in [6.45, 7) is 1.57. The zero-order valence-corrected chi connectivity index (χ0v) is 10.9. The molecule has 1 aromatic heterocycles. The van der Waals surface area contributed by atoms with Gasteiger partial charge < -0.3 is 14.6 Å². The first-order valence-corrected chi connectivity index (χ1v) is 6.56. The lowest BCUT2D eigenvalue weighted by Gasteiger charge is -2.18. The predicted molar refractivity (Wildman–Crippen MR) is 72.1 cm³/mol. The van der Waals surface area contributed by atoms with Gasteiger partial charge in [0.15, 0.2) is 5.82 Å². The number of aromatic nitrogens is 2. The minimum Gasteiger partial charge on any atom is -0.388 e. The molecule has 1 aromatic carbocycles. The third kappa shape index (κ3) is 2.61. The SMILES string of the molecule is CNc1ccc(-c2nc(C3CCOCC3)no2)cc1. The second kappa shape index (κ2) is 5.40. The van der Waals surface area contributed by atoms with Gasteiger partial charge in [0.2, 0.25) is 0 Å². The van der Waals surface area contributed by atoms with Gasteiger partial charge in [-0.25, -0.2) is 0 Å². The quantitative estimate of drug-likeness (QED) is 0.918. The predicted octanol–water partition coefficient (Wildman–Crippen LogP) is 2.67. The first-order valence-electron chi connectivity index (χ1n) is 6.56. The molecular formula is C14H17N3O2. The Hall–Kier alpha value is -1.88. The van der Waals surface area contributed by atoms with Crippen LogP contribution >= 0.6 is 0 Å². The Morgan fingerprint density at radius 1 is 1.16 bits per heavy atom. The Morgan fingerprint density at radius 3 is 2.58 bits per heavy atom. The highest BCUT2D eigenvalue weighted by molar-refractivity contribution is 5.58. The molecule has 0 radical (unpaired) electrons. The first-order chi connectivity index (χ1) is 9.36. The van der Waals surface area contributed by atoms with Crippen molar-refractivity contribution in [2.75, 3.05) is 25.6 Å². The van der Waals surface area contributed by atoms with Gasteiger partial charge in [-0.2, -0.15) is 4.98 Å². The number of benzene rings is 1. The number of anilines is 1. The van der Waals surface area contributed by atoms with Crippen LogP contribution < -0.4 is 5.32 Å². The molecule has 19 heavy (non-hydrogen) atoms. The Kier molecular flexibility index (Phi) is 3.46. The molecule has 0 amide bonds. The monoisotopic (exact) mass is 259 g/mol. The molecular weight excluding hydrogens is 242 g/mol. The summed E-state index contributed by atoms with van der Waals surface area (Å²) < 4.78 is 10.7. The number of hydrogen-bond acceptors (Lipinski definition) is 5. The molecule has 5 nitrogen and oxygen atoms in total. The van der Waals surface area contributed by atoms with Gasteiger partial charge in [-0.1, -0.05) is 5.16 Å². The van der Waals surface area contributed by atoms with Crippen molar-refractivity contribution in [1.82, 2.24) is 10.1 Å². The largest absolute Gasteiger partial charge is 0.388 e. The van der Waals surface area contributed by atoms with E-state index in [0.29, 0.717) is 11.8 Å². The van der Waals surface area contributed by atoms with Gasteiger partial charge in [0.1, 0.15) is 0 Å². The fourth-order valence-corrected chi connectivity index (χ4v) is 2.25. The molecule has 0 aliphatic carbocycles. The van der Waals surface area contributed by atoms with Gasteiger partial charge in [0, 0.05) is 37.4 Å². The standard InChI is InChI=1S/C14H17N3O2/c1-15-12-4-2-11(3-5-12)14-16-13(17-19-14)10-6-8-18-9-7-10/h2-5,10,15H,6-9H2,1H3. The summed E-state index contributed by atoms with van der Waals surface area (Å²) in [7, 11) is 1.89. The number of nitrogens with one attached hydrogen (secondary N) is 1. The van der Waals surface area contributed by atoms with E-state index in [0.717, 1.165) is 43.1 Å². The van der Waals surface area contributed by atoms with Gasteiger partial charge in [0.05, 0.1) is 0 Å². The van der Waals surface area contributed by atoms with Crippen LogP contribution in [0.3, 0.4) is 0 Å². The van der Waals surface area contributed by atoms with E-state index in [9.17, 15) is 0 Å². The topological polar surface area (TPSA) is 60.2 Å². The lowest BCUT2D eigenvalue weighted by molar-refractivity contribution is 0.0830. The van der Waals surface area contributed by atoms with Crippen molar-refractivity contribution in [3.8, 4) is 11.5 Å². The van der Waals surface area contributed by atoms with Crippen LogP contribution in [-0.4, -0.2) is 30.4 Å². The molecule has 1 N–H and O–H groups in total. The maximum absolute atomic E-state index is 5.36. The van der Waals surface area contributed by atoms with E-state index in [1.807, 2.05) is 31.3 Å². The minimum absolute atomic E-state index is 0.364. The molecule has 1 aliphatic heterocycles. The van der Waals surface area contributed by atoms with Crippen molar-refractivity contribution in [1.29, 1.82) is 0 Å². The summed E-state index contributed by atoms with van der Waals surface area (Å²) in [5.74, 6) is 1.75. The van der Waals surface area contributed by atoms with Crippen LogP contribution in [0.25, 0.3) is 11.5 Å². The maximum Gasteiger partial charge on any atom is 0.257 e. The van der Waals surface area contributed by atoms with Crippen molar-refractivity contribution < 1.29 is 9.26 Å². The Labute approximate surface area is 112 Å². The number of nitrogens with zero attached hydrogens (tertiary/aromatic N) is 2. The third-order valence-electron chi connectivity index (χ3n) is 3.45. The van der Waals surface area contributed by atoms with Gasteiger partial charge >= 0.3 is 0 Å². The summed E-state index contributed by atoms with van der Waals surface area (Å²) in [6, 6.07) is 7.95. The van der Waals surface area contributed by atoms with Crippen LogP contribution in [0, 0.1) is 0 Å². The van der Waals surface area contributed by atoms with E-state index in [1.54, 1.807) is 0 Å². The summed E-state index contributed by atoms with van der Waals surface area (Å²) in [5, 5.41) is 7.18. The average molecular weight is 259 g/mol. The lowest BCUT2D eigenvalue weighted by Crippen LogP contribution is -2.15. The van der Waals surface area contributed by atoms with Crippen LogP contribution in [0.5, 0.6) is 0 Å². The number of hydrogen-bond donors (Lipinski definition) is 1. The van der Waals surface area contributed by atoms with Crippen molar-refractivity contribution in [2.45, 2.75) is 18.8 Å². The third-order valence-corrected chi connectivity index (χ3v) is 3.45. The molecule has 3 rings (SSSR count). The highest BCUT2D eigenvalue weighted by atomic mass is 16.5. The molecule has 0 bridgehead atoms. The second-order valence-electron chi connectivity index (χ2n) is 4.67. The zero-order valence-electron chi connectivity index (χ0n) is 10.9. The lowest BCUT2D eigenvalue weighted by atomic mass is 10.00. The molecule has 0 saturated carbocycles. The Morgan fingerprint density at radius 2 is 1.89 bits per heavy atom. The Bertz CT molecular complexity index is 530. The summed E-state index contributed by atoms with van der Waals surface area (Å²) >= 11 is 0. The smallest absolute Gasteiger partial charge is 0.257 e. The molecule has 2 heterocycles. The molecule has 1 aliphatic rings. The van der Waals surface area contributed by atoms with E-state index in [1.165, 1.54) is 0 Å². The minimum atomic E-state index is 0.364. The van der Waals surface area contributed by atoms with E-state index in [-0.39, 0.29) is 0 Å². The van der Waals surface area contributed by atoms with Crippen LogP contribution in [0.15, 0.2) is 28.8 Å². The van der Waals surface area contributed by atoms with E-state index in [2.05, 4.69) is 15.5 Å².